The van der Waals surface area contributed by atoms with E-state index in [0.717, 1.165) is 18.9 Å². The summed E-state index contributed by atoms with van der Waals surface area (Å²) in [7, 11) is 0. The van der Waals surface area contributed by atoms with Gasteiger partial charge in [0.15, 0.2) is 0 Å². The van der Waals surface area contributed by atoms with E-state index in [1.54, 1.807) is 0 Å². The Labute approximate surface area is 107 Å². The van der Waals surface area contributed by atoms with Crippen molar-refractivity contribution in [3.05, 3.63) is 0 Å². The lowest BCUT2D eigenvalue weighted by molar-refractivity contribution is 0.174. The molecule has 102 valence electrons. The second-order valence-electron chi connectivity index (χ2n) is 6.02. The Hall–Kier alpha value is -0.120. The molecule has 0 heterocycles. The van der Waals surface area contributed by atoms with E-state index < -0.39 is 0 Å². The molecular formula is C14H30N2O. The molecule has 1 rings (SSSR count). The minimum atomic E-state index is 0.244. The third-order valence-corrected chi connectivity index (χ3v) is 3.47. The first-order valence-corrected chi connectivity index (χ1v) is 7.13. The molecule has 0 radical (unpaired) electrons. The van der Waals surface area contributed by atoms with Crippen molar-refractivity contribution in [2.24, 2.45) is 5.92 Å². The maximum Gasteiger partial charge on any atom is 0.0585 e. The second-order valence-corrected chi connectivity index (χ2v) is 6.02. The highest BCUT2D eigenvalue weighted by molar-refractivity contribution is 4.80. The van der Waals surface area contributed by atoms with Gasteiger partial charge in [0.05, 0.1) is 6.61 Å². The largest absolute Gasteiger partial charge is 0.395 e. The van der Waals surface area contributed by atoms with Crippen LogP contribution in [0.1, 0.15) is 47.0 Å². The molecule has 0 bridgehead atoms. The molecule has 0 spiro atoms. The van der Waals surface area contributed by atoms with Crippen LogP contribution in [-0.2, 0) is 0 Å². The quantitative estimate of drug-likeness (QED) is 0.648. The highest BCUT2D eigenvalue weighted by Gasteiger charge is 2.25. The molecule has 0 aromatic carbocycles. The van der Waals surface area contributed by atoms with E-state index in [2.05, 4.69) is 37.9 Å². The van der Waals surface area contributed by atoms with Gasteiger partial charge >= 0.3 is 0 Å². The molecule has 1 unspecified atom stereocenters. The Bertz CT molecular complexity index is 202. The summed E-state index contributed by atoms with van der Waals surface area (Å²) in [5, 5.41) is 12.8. The lowest BCUT2D eigenvalue weighted by atomic mass is 10.1. The van der Waals surface area contributed by atoms with Crippen LogP contribution in [0.25, 0.3) is 0 Å². The Morgan fingerprint density at radius 1 is 1.24 bits per heavy atom. The molecule has 1 fully saturated rings. The number of nitrogens with zero attached hydrogens (tertiary/aromatic N) is 1. The zero-order valence-electron chi connectivity index (χ0n) is 11.9. The molecule has 1 saturated carbocycles. The summed E-state index contributed by atoms with van der Waals surface area (Å²) in [5.41, 5.74) is 0. The smallest absolute Gasteiger partial charge is 0.0585 e. The van der Waals surface area contributed by atoms with Crippen LogP contribution in [0, 0.1) is 5.92 Å². The molecule has 1 aliphatic rings. The molecule has 2 N–H and O–H groups in total. The predicted octanol–water partition coefficient (Wildman–Crippen LogP) is 1.86. The van der Waals surface area contributed by atoms with Crippen molar-refractivity contribution in [2.45, 2.75) is 65.1 Å². The van der Waals surface area contributed by atoms with E-state index in [4.69, 9.17) is 0 Å². The van der Waals surface area contributed by atoms with E-state index in [-0.39, 0.29) is 12.6 Å². The molecule has 17 heavy (non-hydrogen) atoms. The third-order valence-electron chi connectivity index (χ3n) is 3.47. The molecule has 0 aromatic heterocycles. The summed E-state index contributed by atoms with van der Waals surface area (Å²) in [4.78, 5) is 2.56. The third kappa shape index (κ3) is 6.39. The van der Waals surface area contributed by atoms with Gasteiger partial charge in [-0.3, -0.25) is 0 Å². The molecule has 3 heteroatoms. The maximum atomic E-state index is 9.34. The van der Waals surface area contributed by atoms with Crippen molar-refractivity contribution in [3.8, 4) is 0 Å². The summed E-state index contributed by atoms with van der Waals surface area (Å²) in [6.07, 6.45) is 3.87. The van der Waals surface area contributed by atoms with Gasteiger partial charge in [0.25, 0.3) is 0 Å². The molecular weight excluding hydrogens is 212 g/mol. The first-order chi connectivity index (χ1) is 8.02. The Morgan fingerprint density at radius 3 is 2.29 bits per heavy atom. The van der Waals surface area contributed by atoms with E-state index in [1.165, 1.54) is 19.4 Å². The number of aliphatic hydroxyl groups excluding tert-OH is 1. The van der Waals surface area contributed by atoms with Crippen LogP contribution in [-0.4, -0.2) is 47.8 Å². The number of aliphatic hydroxyl groups is 1. The van der Waals surface area contributed by atoms with Crippen LogP contribution in [0.15, 0.2) is 0 Å². The highest BCUT2D eigenvalue weighted by atomic mass is 16.3. The fourth-order valence-corrected chi connectivity index (χ4v) is 2.21. The van der Waals surface area contributed by atoms with Crippen molar-refractivity contribution in [2.75, 3.05) is 19.7 Å². The Morgan fingerprint density at radius 2 is 1.88 bits per heavy atom. The summed E-state index contributed by atoms with van der Waals surface area (Å²) in [5.74, 6) is 0.947. The van der Waals surface area contributed by atoms with Crippen LogP contribution in [0.4, 0.5) is 0 Å². The van der Waals surface area contributed by atoms with Crippen LogP contribution in [0.2, 0.25) is 0 Å². The van der Waals surface area contributed by atoms with E-state index in [9.17, 15) is 5.11 Å². The fraction of sp³-hybridized carbons (Fsp3) is 1.00. The van der Waals surface area contributed by atoms with E-state index in [1.807, 2.05) is 0 Å². The van der Waals surface area contributed by atoms with Crippen LogP contribution < -0.4 is 5.32 Å². The zero-order chi connectivity index (χ0) is 12.8. The number of hydrogen-bond donors (Lipinski definition) is 2. The van der Waals surface area contributed by atoms with Gasteiger partial charge in [0.2, 0.25) is 0 Å². The van der Waals surface area contributed by atoms with Gasteiger partial charge in [-0.1, -0.05) is 13.8 Å². The molecule has 1 atom stereocenters. The van der Waals surface area contributed by atoms with Crippen molar-refractivity contribution >= 4 is 0 Å². The first kappa shape index (κ1) is 14.9. The normalized spacial score (nSPS) is 18.4. The van der Waals surface area contributed by atoms with Crippen LogP contribution >= 0.6 is 0 Å². The summed E-state index contributed by atoms with van der Waals surface area (Å²) < 4.78 is 0. The predicted molar refractivity (Wildman–Crippen MR) is 73.2 cm³/mol. The first-order valence-electron chi connectivity index (χ1n) is 7.13. The van der Waals surface area contributed by atoms with Gasteiger partial charge in [0, 0.05) is 24.7 Å². The minimum absolute atomic E-state index is 0.244. The molecule has 0 aromatic rings. The topological polar surface area (TPSA) is 35.5 Å². The summed E-state index contributed by atoms with van der Waals surface area (Å²) in [6.45, 7) is 11.4. The number of rotatable bonds is 9. The lowest BCUT2D eigenvalue weighted by Crippen LogP contribution is -2.42. The number of nitrogens with one attached hydrogen (secondary N) is 1. The van der Waals surface area contributed by atoms with Crippen molar-refractivity contribution < 1.29 is 5.11 Å². The van der Waals surface area contributed by atoms with E-state index >= 15 is 0 Å². The standard InChI is InChI=1S/C14H30N2O/c1-11(2)15-14(10-17)7-8-16(12(3)4)9-13-5-6-13/h11-15,17H,5-10H2,1-4H3. The number of hydrogen-bond acceptors (Lipinski definition) is 3. The highest BCUT2D eigenvalue weighted by Crippen LogP contribution is 2.30. The fourth-order valence-electron chi connectivity index (χ4n) is 2.21. The summed E-state index contributed by atoms with van der Waals surface area (Å²) >= 11 is 0. The minimum Gasteiger partial charge on any atom is -0.395 e. The summed E-state index contributed by atoms with van der Waals surface area (Å²) in [6, 6.07) is 1.31. The average Bonchev–Trinajstić information content (AvgIpc) is 3.04. The van der Waals surface area contributed by atoms with Crippen LogP contribution in [0.3, 0.4) is 0 Å². The lowest BCUT2D eigenvalue weighted by Gasteiger charge is -2.29. The van der Waals surface area contributed by atoms with Gasteiger partial charge in [-0.15, -0.1) is 0 Å². The van der Waals surface area contributed by atoms with Gasteiger partial charge in [-0.05, 0) is 45.6 Å². The van der Waals surface area contributed by atoms with E-state index in [0.29, 0.717) is 12.1 Å². The molecule has 0 amide bonds. The van der Waals surface area contributed by atoms with Gasteiger partial charge < -0.3 is 15.3 Å². The Balaban J connectivity index is 2.27. The van der Waals surface area contributed by atoms with Gasteiger partial charge in [-0.25, -0.2) is 0 Å². The SMILES string of the molecule is CC(C)NC(CO)CCN(CC1CC1)C(C)C. The Kier molecular flexibility index (Phi) is 6.45. The van der Waals surface area contributed by atoms with Crippen molar-refractivity contribution in [3.63, 3.8) is 0 Å². The molecule has 3 nitrogen and oxygen atoms in total. The molecule has 1 aliphatic carbocycles. The maximum absolute atomic E-state index is 9.34. The zero-order valence-corrected chi connectivity index (χ0v) is 11.9. The molecule has 0 saturated heterocycles. The van der Waals surface area contributed by atoms with Gasteiger partial charge in [-0.2, -0.15) is 0 Å². The monoisotopic (exact) mass is 242 g/mol. The van der Waals surface area contributed by atoms with Crippen LogP contribution in [0.5, 0.6) is 0 Å². The average molecular weight is 242 g/mol. The van der Waals surface area contributed by atoms with Gasteiger partial charge in [0.1, 0.15) is 0 Å². The second kappa shape index (κ2) is 7.34. The van der Waals surface area contributed by atoms with Crippen molar-refractivity contribution in [1.29, 1.82) is 0 Å². The molecule has 0 aliphatic heterocycles. The van der Waals surface area contributed by atoms with Crippen molar-refractivity contribution in [1.82, 2.24) is 10.2 Å².